The van der Waals surface area contributed by atoms with Crippen LogP contribution in [0.15, 0.2) is 47.6 Å². The number of thiazole rings is 1. The molecular weight excluding hydrogens is 430 g/mol. The minimum Gasteiger partial charge on any atom is -0.433 e. The summed E-state index contributed by atoms with van der Waals surface area (Å²) in [5.41, 5.74) is 1.36. The number of aromatic nitrogens is 3. The van der Waals surface area contributed by atoms with Crippen molar-refractivity contribution in [2.75, 3.05) is 11.1 Å². The number of carbonyl (C=O) groups excluding carboxylic acids is 1. The average molecular weight is 441 g/mol. The molecule has 6 nitrogen and oxygen atoms in total. The summed E-state index contributed by atoms with van der Waals surface area (Å²) < 4.78 is 31.8. The Kier molecular flexibility index (Phi) is 5.33. The van der Waals surface area contributed by atoms with Gasteiger partial charge in [-0.2, -0.15) is 8.78 Å². The maximum Gasteiger partial charge on any atom is 0.387 e. The SMILES string of the molecule is O=C(CSc1nnc2sc3ccccc3n12)Nc1ccc(OC(F)F)c(Cl)c1. The first-order valence-electron chi connectivity index (χ1n) is 7.91. The standard InChI is InChI=1S/C17H11ClF2N4O2S2/c18-10-7-9(5-6-12(10)26-15(19)20)21-14(25)8-27-16-22-23-17-24(16)11-3-1-2-4-13(11)28-17/h1-7,15H,8H2,(H,21,25). The number of alkyl halides is 2. The van der Waals surface area contributed by atoms with E-state index in [2.05, 4.69) is 20.3 Å². The van der Waals surface area contributed by atoms with Gasteiger partial charge in [0.15, 0.2) is 5.16 Å². The van der Waals surface area contributed by atoms with Gasteiger partial charge in [0.1, 0.15) is 5.75 Å². The maximum absolute atomic E-state index is 12.3. The number of nitrogens with zero attached hydrogens (tertiary/aromatic N) is 3. The molecule has 0 radical (unpaired) electrons. The molecule has 0 fully saturated rings. The number of halogens is 3. The maximum atomic E-state index is 12.3. The zero-order chi connectivity index (χ0) is 19.7. The van der Waals surface area contributed by atoms with Gasteiger partial charge in [-0.15, -0.1) is 10.2 Å². The van der Waals surface area contributed by atoms with Crippen molar-refractivity contribution in [2.24, 2.45) is 0 Å². The summed E-state index contributed by atoms with van der Waals surface area (Å²) in [6, 6.07) is 11.9. The van der Waals surface area contributed by atoms with Crippen LogP contribution in [0.4, 0.5) is 14.5 Å². The highest BCUT2D eigenvalue weighted by molar-refractivity contribution is 7.99. The van der Waals surface area contributed by atoms with E-state index in [9.17, 15) is 13.6 Å². The van der Waals surface area contributed by atoms with Crippen molar-refractivity contribution in [3.05, 3.63) is 47.5 Å². The van der Waals surface area contributed by atoms with Gasteiger partial charge >= 0.3 is 6.61 Å². The largest absolute Gasteiger partial charge is 0.433 e. The van der Waals surface area contributed by atoms with Crippen LogP contribution in [-0.2, 0) is 4.79 Å². The van der Waals surface area contributed by atoms with Crippen LogP contribution in [0, 0.1) is 0 Å². The van der Waals surface area contributed by atoms with Gasteiger partial charge < -0.3 is 10.1 Å². The fourth-order valence-electron chi connectivity index (χ4n) is 2.55. The van der Waals surface area contributed by atoms with Gasteiger partial charge in [0.05, 0.1) is 21.0 Å². The Labute approximate surface area is 170 Å². The molecule has 4 rings (SSSR count). The predicted octanol–water partition coefficient (Wildman–Crippen LogP) is 4.93. The number of thioether (sulfide) groups is 1. The number of hydrogen-bond donors (Lipinski definition) is 1. The molecule has 0 aliphatic heterocycles. The third-order valence-electron chi connectivity index (χ3n) is 3.68. The van der Waals surface area contributed by atoms with Gasteiger partial charge in [-0.25, -0.2) is 0 Å². The Balaban J connectivity index is 1.44. The number of hydrogen-bond acceptors (Lipinski definition) is 6. The molecule has 0 aliphatic rings. The van der Waals surface area contributed by atoms with Crippen molar-refractivity contribution < 1.29 is 18.3 Å². The van der Waals surface area contributed by atoms with E-state index in [1.165, 1.54) is 41.3 Å². The number of amides is 1. The summed E-state index contributed by atoms with van der Waals surface area (Å²) in [5.74, 6) is -0.350. The molecule has 0 aliphatic carbocycles. The predicted molar refractivity (Wildman–Crippen MR) is 106 cm³/mol. The van der Waals surface area contributed by atoms with E-state index in [-0.39, 0.29) is 22.4 Å². The number of ether oxygens (including phenoxy) is 1. The summed E-state index contributed by atoms with van der Waals surface area (Å²) in [7, 11) is 0. The third-order valence-corrected chi connectivity index (χ3v) is 5.91. The van der Waals surface area contributed by atoms with Crippen LogP contribution < -0.4 is 10.1 Å². The van der Waals surface area contributed by atoms with E-state index >= 15 is 0 Å². The van der Waals surface area contributed by atoms with Gasteiger partial charge in [0.25, 0.3) is 0 Å². The first-order chi connectivity index (χ1) is 13.5. The van der Waals surface area contributed by atoms with E-state index < -0.39 is 6.61 Å². The minimum absolute atomic E-state index is 0.0188. The minimum atomic E-state index is -2.97. The second-order valence-corrected chi connectivity index (χ2v) is 7.89. The summed E-state index contributed by atoms with van der Waals surface area (Å²) in [6.45, 7) is -2.97. The zero-order valence-electron chi connectivity index (χ0n) is 13.9. The Morgan fingerprint density at radius 3 is 2.89 bits per heavy atom. The van der Waals surface area contributed by atoms with E-state index in [4.69, 9.17) is 11.6 Å². The summed E-state index contributed by atoms with van der Waals surface area (Å²) in [6.07, 6.45) is 0. The van der Waals surface area contributed by atoms with Gasteiger partial charge in [-0.05, 0) is 30.3 Å². The lowest BCUT2D eigenvalue weighted by molar-refractivity contribution is -0.113. The van der Waals surface area contributed by atoms with Crippen molar-refractivity contribution in [1.82, 2.24) is 14.6 Å². The normalized spacial score (nSPS) is 11.4. The Bertz CT molecular complexity index is 1160. The second-order valence-electron chi connectivity index (χ2n) is 5.53. The summed E-state index contributed by atoms with van der Waals surface area (Å²) in [5, 5.41) is 11.5. The summed E-state index contributed by atoms with van der Waals surface area (Å²) in [4.78, 5) is 13.0. The molecule has 0 saturated carbocycles. The number of para-hydroxylation sites is 1. The number of anilines is 1. The Morgan fingerprint density at radius 2 is 2.11 bits per heavy atom. The lowest BCUT2D eigenvalue weighted by Gasteiger charge is -2.09. The molecule has 0 atom stereocenters. The molecular formula is C17H11ClF2N4O2S2. The molecule has 28 heavy (non-hydrogen) atoms. The third kappa shape index (κ3) is 3.89. The van der Waals surface area contributed by atoms with Crippen LogP contribution in [0.5, 0.6) is 5.75 Å². The monoisotopic (exact) mass is 440 g/mol. The van der Waals surface area contributed by atoms with E-state index in [1.807, 2.05) is 28.7 Å². The van der Waals surface area contributed by atoms with Crippen molar-refractivity contribution in [2.45, 2.75) is 11.8 Å². The summed E-state index contributed by atoms with van der Waals surface area (Å²) >= 11 is 8.66. The zero-order valence-corrected chi connectivity index (χ0v) is 16.3. The number of benzene rings is 2. The van der Waals surface area contributed by atoms with Crippen molar-refractivity contribution in [1.29, 1.82) is 0 Å². The van der Waals surface area contributed by atoms with Crippen LogP contribution in [0.2, 0.25) is 5.02 Å². The molecule has 0 unspecified atom stereocenters. The number of nitrogens with one attached hydrogen (secondary N) is 1. The lowest BCUT2D eigenvalue weighted by Crippen LogP contribution is -2.14. The molecule has 1 N–H and O–H groups in total. The molecule has 1 amide bonds. The fraction of sp³-hybridized carbons (Fsp3) is 0.118. The smallest absolute Gasteiger partial charge is 0.387 e. The molecule has 2 aromatic heterocycles. The molecule has 11 heteroatoms. The number of fused-ring (bicyclic) bond motifs is 3. The Morgan fingerprint density at radius 1 is 1.29 bits per heavy atom. The highest BCUT2D eigenvalue weighted by atomic mass is 35.5. The Hall–Kier alpha value is -2.43. The molecule has 2 aromatic carbocycles. The van der Waals surface area contributed by atoms with Gasteiger partial charge in [-0.3, -0.25) is 9.20 Å². The van der Waals surface area contributed by atoms with Gasteiger partial charge in [-0.1, -0.05) is 46.8 Å². The molecule has 0 spiro atoms. The molecule has 0 saturated heterocycles. The van der Waals surface area contributed by atoms with Crippen molar-refractivity contribution in [3.8, 4) is 5.75 Å². The molecule has 0 bridgehead atoms. The highest BCUT2D eigenvalue weighted by Gasteiger charge is 2.15. The van der Waals surface area contributed by atoms with Crippen LogP contribution in [0.1, 0.15) is 0 Å². The lowest BCUT2D eigenvalue weighted by atomic mass is 10.3. The molecule has 4 aromatic rings. The van der Waals surface area contributed by atoms with Crippen LogP contribution in [0.3, 0.4) is 0 Å². The van der Waals surface area contributed by atoms with E-state index in [0.29, 0.717) is 10.8 Å². The first kappa shape index (κ1) is 18.9. The number of rotatable bonds is 6. The van der Waals surface area contributed by atoms with Gasteiger partial charge in [0.2, 0.25) is 10.9 Å². The van der Waals surface area contributed by atoms with E-state index in [0.717, 1.165) is 15.2 Å². The first-order valence-corrected chi connectivity index (χ1v) is 10.1. The van der Waals surface area contributed by atoms with Crippen molar-refractivity contribution >= 4 is 61.5 Å². The van der Waals surface area contributed by atoms with Crippen molar-refractivity contribution in [3.63, 3.8) is 0 Å². The highest BCUT2D eigenvalue weighted by Crippen LogP contribution is 2.30. The average Bonchev–Trinajstić information content (AvgIpc) is 3.21. The quantitative estimate of drug-likeness (QED) is 0.430. The van der Waals surface area contributed by atoms with Crippen LogP contribution in [-0.4, -0.2) is 32.9 Å². The van der Waals surface area contributed by atoms with Gasteiger partial charge in [0, 0.05) is 5.69 Å². The number of carbonyl (C=O) groups is 1. The van der Waals surface area contributed by atoms with Crippen LogP contribution in [0.25, 0.3) is 15.2 Å². The van der Waals surface area contributed by atoms with Crippen LogP contribution >= 0.6 is 34.7 Å². The fourth-order valence-corrected chi connectivity index (χ4v) is 4.54. The second kappa shape index (κ2) is 7.90. The molecule has 2 heterocycles. The molecule has 144 valence electrons. The topological polar surface area (TPSA) is 68.5 Å². The van der Waals surface area contributed by atoms with E-state index in [1.54, 1.807) is 0 Å².